The van der Waals surface area contributed by atoms with Crippen LogP contribution >= 0.6 is 0 Å². The van der Waals surface area contributed by atoms with Crippen LogP contribution in [0.25, 0.3) is 0 Å². The molecule has 1 amide bonds. The molecular formula is C12H11F2NO3S. The number of ketones is 1. The number of carbonyl (C=O) groups excluding carboxylic acids is 2. The fourth-order valence-corrected chi connectivity index (χ4v) is 2.90. The van der Waals surface area contributed by atoms with Crippen molar-refractivity contribution in [3.8, 4) is 0 Å². The maximum absolute atomic E-state index is 12.7. The summed E-state index contributed by atoms with van der Waals surface area (Å²) in [5.74, 6) is -4.51. The van der Waals surface area contributed by atoms with Gasteiger partial charge in [0.15, 0.2) is 4.90 Å². The van der Waals surface area contributed by atoms with Gasteiger partial charge in [0.05, 0.1) is 17.7 Å². The van der Waals surface area contributed by atoms with Crippen LogP contribution in [0.1, 0.15) is 23.7 Å². The lowest BCUT2D eigenvalue weighted by molar-refractivity contribution is -0.112. The largest absolute Gasteiger partial charge is 0.611 e. The highest BCUT2D eigenvalue weighted by Gasteiger charge is 2.30. The van der Waals surface area contributed by atoms with E-state index in [9.17, 15) is 22.9 Å². The number of hydrogen-bond acceptors (Lipinski definition) is 3. The standard InChI is InChI=1S/C12H11F2NO3S/c1-12(13,14)4-5-19(18)7-2-3-9-8(6-7)10(16)11(17)15-9/h2-3,6H,4-5H2,1H3,(H,15,16,17). The van der Waals surface area contributed by atoms with Crippen molar-refractivity contribution in [1.82, 2.24) is 0 Å². The lowest BCUT2D eigenvalue weighted by atomic mass is 10.1. The summed E-state index contributed by atoms with van der Waals surface area (Å²) in [6.45, 7) is 0.763. The first-order chi connectivity index (χ1) is 8.78. The Labute approximate surface area is 111 Å². The molecule has 4 nitrogen and oxygen atoms in total. The van der Waals surface area contributed by atoms with Crippen LogP contribution in [0.2, 0.25) is 0 Å². The first-order valence-electron chi connectivity index (χ1n) is 5.54. The normalized spacial score (nSPS) is 16.2. The molecule has 1 unspecified atom stereocenters. The van der Waals surface area contributed by atoms with Crippen molar-refractivity contribution >= 4 is 28.6 Å². The van der Waals surface area contributed by atoms with Gasteiger partial charge in [0.2, 0.25) is 5.92 Å². The number of hydrogen-bond donors (Lipinski definition) is 1. The van der Waals surface area contributed by atoms with Crippen LogP contribution in [0.15, 0.2) is 23.1 Å². The second-order valence-corrected chi connectivity index (χ2v) is 5.93. The summed E-state index contributed by atoms with van der Waals surface area (Å²) in [5.41, 5.74) is 0.496. The van der Waals surface area contributed by atoms with Gasteiger partial charge < -0.3 is 9.87 Å². The minimum atomic E-state index is -2.88. The van der Waals surface area contributed by atoms with Crippen molar-refractivity contribution in [2.75, 3.05) is 11.1 Å². The summed E-state index contributed by atoms with van der Waals surface area (Å²) in [7, 11) is 0. The summed E-state index contributed by atoms with van der Waals surface area (Å²) in [6, 6.07) is 4.23. The number of halogens is 2. The Kier molecular flexibility index (Phi) is 3.60. The first-order valence-corrected chi connectivity index (χ1v) is 6.86. The van der Waals surface area contributed by atoms with Crippen molar-refractivity contribution < 1.29 is 22.9 Å². The molecule has 0 bridgehead atoms. The van der Waals surface area contributed by atoms with Gasteiger partial charge in [-0.15, -0.1) is 0 Å². The van der Waals surface area contributed by atoms with Crippen molar-refractivity contribution in [1.29, 1.82) is 0 Å². The van der Waals surface area contributed by atoms with Crippen molar-refractivity contribution in [3.63, 3.8) is 0 Å². The Hall–Kier alpha value is -1.47. The quantitative estimate of drug-likeness (QED) is 0.680. The molecule has 1 N–H and O–H groups in total. The zero-order valence-corrected chi connectivity index (χ0v) is 10.9. The fraction of sp³-hybridized carbons (Fsp3) is 0.333. The van der Waals surface area contributed by atoms with Crippen molar-refractivity contribution in [3.05, 3.63) is 23.8 Å². The first kappa shape index (κ1) is 14.0. The summed E-state index contributed by atoms with van der Waals surface area (Å²) in [6.07, 6.45) is -0.498. The molecule has 1 aliphatic heterocycles. The molecule has 1 atom stereocenters. The van der Waals surface area contributed by atoms with E-state index in [1.807, 2.05) is 0 Å². The van der Waals surface area contributed by atoms with Gasteiger partial charge in [0.25, 0.3) is 11.7 Å². The lowest BCUT2D eigenvalue weighted by Crippen LogP contribution is -2.17. The van der Waals surface area contributed by atoms with Gasteiger partial charge in [0.1, 0.15) is 5.75 Å². The Morgan fingerprint density at radius 3 is 2.68 bits per heavy atom. The summed E-state index contributed by atoms with van der Waals surface area (Å²) < 4.78 is 37.2. The number of Topliss-reactive ketones (excluding diaryl/α,β-unsaturated/α-hetero) is 1. The molecular weight excluding hydrogens is 276 g/mol. The second kappa shape index (κ2) is 4.90. The lowest BCUT2D eigenvalue weighted by Gasteiger charge is -2.14. The minimum Gasteiger partial charge on any atom is -0.611 e. The minimum absolute atomic E-state index is 0.138. The van der Waals surface area contributed by atoms with Crippen LogP contribution in [0.3, 0.4) is 0 Å². The molecule has 0 saturated heterocycles. The van der Waals surface area contributed by atoms with Gasteiger partial charge in [-0.3, -0.25) is 9.59 Å². The number of alkyl halides is 2. The second-order valence-electron chi connectivity index (χ2n) is 4.36. The van der Waals surface area contributed by atoms with E-state index < -0.39 is 35.2 Å². The zero-order valence-electron chi connectivity index (χ0n) is 10.0. The smallest absolute Gasteiger partial charge is 0.296 e. The number of fused-ring (bicyclic) bond motifs is 1. The highest BCUT2D eigenvalue weighted by atomic mass is 32.2. The van der Waals surface area contributed by atoms with Gasteiger partial charge in [-0.25, -0.2) is 8.78 Å². The number of benzene rings is 1. The molecule has 0 radical (unpaired) electrons. The summed E-state index contributed by atoms with van der Waals surface area (Å²) >= 11 is -1.62. The molecule has 0 aromatic heterocycles. The fourth-order valence-electron chi connectivity index (χ4n) is 1.65. The molecule has 0 spiro atoms. The molecule has 102 valence electrons. The molecule has 0 aliphatic carbocycles. The Balaban J connectivity index is 2.15. The van der Waals surface area contributed by atoms with Gasteiger partial charge in [-0.2, -0.15) is 0 Å². The number of amides is 1. The zero-order chi connectivity index (χ0) is 14.2. The Bertz CT molecular complexity index is 542. The maximum atomic E-state index is 12.7. The molecule has 0 fully saturated rings. The monoisotopic (exact) mass is 287 g/mol. The van der Waals surface area contributed by atoms with E-state index in [0.717, 1.165) is 6.92 Å². The SMILES string of the molecule is CC(F)(F)CC[S+]([O-])c1ccc2c(c1)C(=O)C(=O)N2. The van der Waals surface area contributed by atoms with Crippen molar-refractivity contribution in [2.45, 2.75) is 24.2 Å². The molecule has 1 aromatic carbocycles. The van der Waals surface area contributed by atoms with Crippen LogP contribution in [-0.4, -0.2) is 27.9 Å². The molecule has 1 aliphatic rings. The molecule has 0 saturated carbocycles. The third-order valence-electron chi connectivity index (χ3n) is 2.68. The Morgan fingerprint density at radius 1 is 1.37 bits per heavy atom. The van der Waals surface area contributed by atoms with E-state index in [4.69, 9.17) is 0 Å². The van der Waals surface area contributed by atoms with E-state index in [2.05, 4.69) is 5.32 Å². The average Bonchev–Trinajstić information content (AvgIpc) is 2.61. The number of rotatable bonds is 4. The molecule has 2 rings (SSSR count). The van der Waals surface area contributed by atoms with E-state index >= 15 is 0 Å². The van der Waals surface area contributed by atoms with E-state index in [0.29, 0.717) is 5.69 Å². The molecule has 19 heavy (non-hydrogen) atoms. The third kappa shape index (κ3) is 3.10. The third-order valence-corrected chi connectivity index (χ3v) is 4.03. The molecule has 7 heteroatoms. The van der Waals surface area contributed by atoms with E-state index in [-0.39, 0.29) is 16.2 Å². The summed E-state index contributed by atoms with van der Waals surface area (Å²) in [4.78, 5) is 22.9. The van der Waals surface area contributed by atoms with Gasteiger partial charge in [-0.1, -0.05) is 0 Å². The van der Waals surface area contributed by atoms with E-state index in [1.54, 1.807) is 0 Å². The van der Waals surface area contributed by atoms with Crippen LogP contribution in [0.5, 0.6) is 0 Å². The number of anilines is 1. The predicted molar refractivity (Wildman–Crippen MR) is 65.9 cm³/mol. The topological polar surface area (TPSA) is 69.2 Å². The summed E-state index contributed by atoms with van der Waals surface area (Å²) in [5, 5.41) is 2.36. The highest BCUT2D eigenvalue weighted by Crippen LogP contribution is 2.27. The number of carbonyl (C=O) groups is 2. The van der Waals surface area contributed by atoms with Crippen LogP contribution in [0, 0.1) is 0 Å². The Morgan fingerprint density at radius 2 is 2.05 bits per heavy atom. The molecule has 1 aromatic rings. The van der Waals surface area contributed by atoms with Crippen LogP contribution in [0.4, 0.5) is 14.5 Å². The molecule has 1 heterocycles. The predicted octanol–water partition coefficient (Wildman–Crippen LogP) is 1.97. The average molecular weight is 287 g/mol. The van der Waals surface area contributed by atoms with Crippen LogP contribution < -0.4 is 5.32 Å². The number of nitrogens with one attached hydrogen (secondary N) is 1. The van der Waals surface area contributed by atoms with Gasteiger partial charge in [-0.05, 0) is 30.2 Å². The highest BCUT2D eigenvalue weighted by molar-refractivity contribution is 7.91. The van der Waals surface area contributed by atoms with Gasteiger partial charge in [0, 0.05) is 6.07 Å². The van der Waals surface area contributed by atoms with E-state index in [1.165, 1.54) is 18.2 Å². The van der Waals surface area contributed by atoms with Gasteiger partial charge >= 0.3 is 0 Å². The van der Waals surface area contributed by atoms with Crippen LogP contribution in [-0.2, 0) is 16.0 Å². The maximum Gasteiger partial charge on any atom is 0.296 e. The van der Waals surface area contributed by atoms with Crippen molar-refractivity contribution in [2.24, 2.45) is 0 Å².